The summed E-state index contributed by atoms with van der Waals surface area (Å²) in [5.74, 6) is 0.770. The highest BCUT2D eigenvalue weighted by atomic mass is 15.2. The number of piperidine rings is 1. The minimum absolute atomic E-state index is 0.507. The van der Waals surface area contributed by atoms with Crippen LogP contribution in [0.1, 0.15) is 65.2 Å². The van der Waals surface area contributed by atoms with Crippen LogP contribution in [0.2, 0.25) is 0 Å². The lowest BCUT2D eigenvalue weighted by atomic mass is 9.79. The Balaban J connectivity index is 1.92. The molecule has 1 saturated heterocycles. The molecule has 1 heterocycles. The fourth-order valence-corrected chi connectivity index (χ4v) is 3.78. The van der Waals surface area contributed by atoms with Crippen LogP contribution in [0.15, 0.2) is 0 Å². The van der Waals surface area contributed by atoms with Crippen molar-refractivity contribution in [1.29, 1.82) is 0 Å². The average Bonchev–Trinajstić information content (AvgIpc) is 2.40. The molecule has 2 aliphatic rings. The van der Waals surface area contributed by atoms with Crippen molar-refractivity contribution in [2.75, 3.05) is 26.2 Å². The molecule has 1 N–H and O–H groups in total. The van der Waals surface area contributed by atoms with Gasteiger partial charge in [-0.25, -0.2) is 0 Å². The van der Waals surface area contributed by atoms with E-state index in [1.807, 2.05) is 0 Å². The number of nitrogens with zero attached hydrogens (tertiary/aromatic N) is 1. The molecule has 0 amide bonds. The van der Waals surface area contributed by atoms with Crippen molar-refractivity contribution in [3.05, 3.63) is 0 Å². The fourth-order valence-electron chi connectivity index (χ4n) is 3.78. The van der Waals surface area contributed by atoms with Crippen LogP contribution < -0.4 is 5.32 Å². The maximum absolute atomic E-state index is 3.75. The second kappa shape index (κ2) is 6.91. The Morgan fingerprint density at radius 2 is 1.56 bits per heavy atom. The molecule has 0 spiro atoms. The standard InChI is InChI=1S/C16H32N2/c1-15(2)13-17-14-16(9-5-3-6-10-16)18-11-7-4-8-12-18/h15,17H,3-14H2,1-2H3. The van der Waals surface area contributed by atoms with Gasteiger partial charge in [-0.15, -0.1) is 0 Å². The van der Waals surface area contributed by atoms with E-state index in [-0.39, 0.29) is 0 Å². The van der Waals surface area contributed by atoms with Crippen LogP contribution in [0.25, 0.3) is 0 Å². The zero-order chi connectivity index (χ0) is 12.8. The molecule has 0 bridgehead atoms. The second-order valence-corrected chi connectivity index (χ2v) is 6.86. The summed E-state index contributed by atoms with van der Waals surface area (Å²) < 4.78 is 0. The summed E-state index contributed by atoms with van der Waals surface area (Å²) in [5, 5.41) is 3.75. The van der Waals surface area contributed by atoms with Gasteiger partial charge in [-0.1, -0.05) is 39.5 Å². The largest absolute Gasteiger partial charge is 0.315 e. The van der Waals surface area contributed by atoms with Crippen LogP contribution in [0.3, 0.4) is 0 Å². The van der Waals surface area contributed by atoms with Crippen LogP contribution in [-0.4, -0.2) is 36.6 Å². The van der Waals surface area contributed by atoms with Crippen LogP contribution in [-0.2, 0) is 0 Å². The predicted molar refractivity (Wildman–Crippen MR) is 78.9 cm³/mol. The predicted octanol–water partition coefficient (Wildman–Crippen LogP) is 3.42. The summed E-state index contributed by atoms with van der Waals surface area (Å²) in [7, 11) is 0. The summed E-state index contributed by atoms with van der Waals surface area (Å²) >= 11 is 0. The van der Waals surface area contributed by atoms with Crippen molar-refractivity contribution < 1.29 is 0 Å². The minimum Gasteiger partial charge on any atom is -0.315 e. The Morgan fingerprint density at radius 1 is 0.944 bits per heavy atom. The highest BCUT2D eigenvalue weighted by molar-refractivity contribution is 4.96. The van der Waals surface area contributed by atoms with Crippen LogP contribution >= 0.6 is 0 Å². The van der Waals surface area contributed by atoms with Gasteiger partial charge < -0.3 is 5.32 Å². The second-order valence-electron chi connectivity index (χ2n) is 6.86. The first-order valence-electron chi connectivity index (χ1n) is 8.19. The van der Waals surface area contributed by atoms with Gasteiger partial charge >= 0.3 is 0 Å². The molecular formula is C16H32N2. The molecule has 0 aromatic rings. The molecule has 2 nitrogen and oxygen atoms in total. The average molecular weight is 252 g/mol. The van der Waals surface area contributed by atoms with E-state index in [1.54, 1.807) is 0 Å². The molecule has 2 fully saturated rings. The third-order valence-corrected chi connectivity index (χ3v) is 4.82. The molecule has 0 radical (unpaired) electrons. The minimum atomic E-state index is 0.507. The van der Waals surface area contributed by atoms with Gasteiger partial charge in [0.15, 0.2) is 0 Å². The van der Waals surface area contributed by atoms with Gasteiger partial charge in [0.05, 0.1) is 0 Å². The van der Waals surface area contributed by atoms with Gasteiger partial charge in [0, 0.05) is 12.1 Å². The smallest absolute Gasteiger partial charge is 0.0333 e. The number of likely N-dealkylation sites (tertiary alicyclic amines) is 1. The Labute approximate surface area is 114 Å². The van der Waals surface area contributed by atoms with Crippen molar-refractivity contribution in [3.8, 4) is 0 Å². The van der Waals surface area contributed by atoms with Gasteiger partial charge in [-0.3, -0.25) is 4.90 Å². The van der Waals surface area contributed by atoms with Crippen molar-refractivity contribution in [3.63, 3.8) is 0 Å². The number of hydrogen-bond acceptors (Lipinski definition) is 2. The highest BCUT2D eigenvalue weighted by Crippen LogP contribution is 2.35. The van der Waals surface area contributed by atoms with Gasteiger partial charge in [0.2, 0.25) is 0 Å². The third kappa shape index (κ3) is 3.71. The zero-order valence-electron chi connectivity index (χ0n) is 12.5. The lowest BCUT2D eigenvalue weighted by Crippen LogP contribution is -2.57. The van der Waals surface area contributed by atoms with Crippen LogP contribution in [0.5, 0.6) is 0 Å². The Kier molecular flexibility index (Phi) is 5.50. The lowest BCUT2D eigenvalue weighted by Gasteiger charge is -2.48. The number of rotatable bonds is 5. The fraction of sp³-hybridized carbons (Fsp3) is 1.00. The molecule has 0 unspecified atom stereocenters. The first kappa shape index (κ1) is 14.3. The van der Waals surface area contributed by atoms with Crippen molar-refractivity contribution in [2.45, 2.75) is 70.8 Å². The molecule has 0 aromatic carbocycles. The van der Waals surface area contributed by atoms with Gasteiger partial charge in [0.1, 0.15) is 0 Å². The summed E-state index contributed by atoms with van der Waals surface area (Å²) in [6, 6.07) is 0. The monoisotopic (exact) mass is 252 g/mol. The summed E-state index contributed by atoms with van der Waals surface area (Å²) in [6.07, 6.45) is 11.5. The summed E-state index contributed by atoms with van der Waals surface area (Å²) in [5.41, 5.74) is 0.507. The Morgan fingerprint density at radius 3 is 2.17 bits per heavy atom. The molecule has 1 aliphatic heterocycles. The first-order valence-corrected chi connectivity index (χ1v) is 8.19. The molecule has 1 saturated carbocycles. The van der Waals surface area contributed by atoms with E-state index in [0.29, 0.717) is 5.54 Å². The van der Waals surface area contributed by atoms with E-state index >= 15 is 0 Å². The van der Waals surface area contributed by atoms with E-state index in [0.717, 1.165) is 5.92 Å². The maximum atomic E-state index is 3.75. The summed E-state index contributed by atoms with van der Waals surface area (Å²) in [6.45, 7) is 9.72. The third-order valence-electron chi connectivity index (χ3n) is 4.82. The quantitative estimate of drug-likeness (QED) is 0.806. The molecule has 18 heavy (non-hydrogen) atoms. The van der Waals surface area contributed by atoms with Crippen molar-refractivity contribution >= 4 is 0 Å². The molecule has 2 rings (SSSR count). The molecule has 2 heteroatoms. The van der Waals surface area contributed by atoms with Gasteiger partial charge in [-0.2, -0.15) is 0 Å². The van der Waals surface area contributed by atoms with Gasteiger partial charge in [0.25, 0.3) is 0 Å². The van der Waals surface area contributed by atoms with E-state index in [2.05, 4.69) is 24.1 Å². The van der Waals surface area contributed by atoms with E-state index in [9.17, 15) is 0 Å². The SMILES string of the molecule is CC(C)CNCC1(N2CCCCC2)CCCCC1. The number of hydrogen-bond donors (Lipinski definition) is 1. The topological polar surface area (TPSA) is 15.3 Å². The lowest BCUT2D eigenvalue weighted by molar-refractivity contribution is 0.0331. The molecule has 0 aromatic heterocycles. The van der Waals surface area contributed by atoms with E-state index < -0.39 is 0 Å². The van der Waals surface area contributed by atoms with Gasteiger partial charge in [-0.05, 0) is 51.2 Å². The molecule has 106 valence electrons. The summed E-state index contributed by atoms with van der Waals surface area (Å²) in [4.78, 5) is 2.84. The zero-order valence-corrected chi connectivity index (χ0v) is 12.5. The maximum Gasteiger partial charge on any atom is 0.0333 e. The number of nitrogens with one attached hydrogen (secondary N) is 1. The van der Waals surface area contributed by atoms with E-state index in [4.69, 9.17) is 0 Å². The van der Waals surface area contributed by atoms with E-state index in [1.165, 1.54) is 77.5 Å². The Hall–Kier alpha value is -0.0800. The highest BCUT2D eigenvalue weighted by Gasteiger charge is 2.37. The molecular weight excluding hydrogens is 220 g/mol. The van der Waals surface area contributed by atoms with Crippen molar-refractivity contribution in [2.24, 2.45) is 5.92 Å². The van der Waals surface area contributed by atoms with Crippen molar-refractivity contribution in [1.82, 2.24) is 10.2 Å². The van der Waals surface area contributed by atoms with Crippen LogP contribution in [0.4, 0.5) is 0 Å². The Bertz CT molecular complexity index is 225. The normalized spacial score (nSPS) is 25.5. The molecule has 0 atom stereocenters. The molecule has 1 aliphatic carbocycles. The first-order chi connectivity index (χ1) is 8.73. The van der Waals surface area contributed by atoms with Crippen LogP contribution in [0, 0.1) is 5.92 Å².